The lowest BCUT2D eigenvalue weighted by atomic mass is 9.76. The van der Waals surface area contributed by atoms with Crippen molar-refractivity contribution < 1.29 is 4.39 Å². The van der Waals surface area contributed by atoms with Gasteiger partial charge in [0.25, 0.3) is 0 Å². The van der Waals surface area contributed by atoms with Crippen molar-refractivity contribution in [3.63, 3.8) is 0 Å². The van der Waals surface area contributed by atoms with Crippen molar-refractivity contribution in [2.45, 2.75) is 116 Å². The number of halogens is 1. The predicted molar refractivity (Wildman–Crippen MR) is 133 cm³/mol. The van der Waals surface area contributed by atoms with Crippen LogP contribution >= 0.6 is 0 Å². The van der Waals surface area contributed by atoms with Crippen LogP contribution in [0.3, 0.4) is 0 Å². The van der Waals surface area contributed by atoms with Gasteiger partial charge in [0.1, 0.15) is 6.07 Å². The van der Waals surface area contributed by atoms with Crippen LogP contribution in [0.5, 0.6) is 0 Å². The summed E-state index contributed by atoms with van der Waals surface area (Å²) in [6, 6.07) is 11.1. The number of rotatable bonds is 11. The lowest BCUT2D eigenvalue weighted by molar-refractivity contribution is 0.244. The summed E-state index contributed by atoms with van der Waals surface area (Å²) in [7, 11) is 0. The van der Waals surface area contributed by atoms with Gasteiger partial charge in [0, 0.05) is 0 Å². The van der Waals surface area contributed by atoms with Gasteiger partial charge in [-0.15, -0.1) is 0 Å². The van der Waals surface area contributed by atoms with Crippen LogP contribution in [0.15, 0.2) is 36.2 Å². The topological polar surface area (TPSA) is 23.8 Å². The molecule has 0 amide bonds. The first-order valence-corrected chi connectivity index (χ1v) is 13.5. The molecule has 0 radical (unpaired) electrons. The Kier molecular flexibility index (Phi) is 10.8. The normalized spacial score (nSPS) is 26.6. The number of allylic oxidation sites excluding steroid dienone is 2. The molecule has 0 unspecified atom stereocenters. The number of nitriles is 1. The molecule has 2 fully saturated rings. The molecule has 0 aromatic heterocycles. The van der Waals surface area contributed by atoms with Gasteiger partial charge in [-0.05, 0) is 85.8 Å². The highest BCUT2D eigenvalue weighted by atomic mass is 19.1. The summed E-state index contributed by atoms with van der Waals surface area (Å²) in [4.78, 5) is 0. The SMILES string of the molecule is CCCc1ccc(C2CCC(CCCCC3CCC(CC/C=C(\F)C#N)CC3)CC2)cc1. The number of aryl methyl sites for hydroxylation is 1. The van der Waals surface area contributed by atoms with E-state index in [9.17, 15) is 4.39 Å². The summed E-state index contributed by atoms with van der Waals surface area (Å²) in [6.07, 6.45) is 22.3. The first-order valence-electron chi connectivity index (χ1n) is 13.5. The van der Waals surface area contributed by atoms with Crippen LogP contribution in [0.2, 0.25) is 0 Å². The zero-order valence-electron chi connectivity index (χ0n) is 20.3. The van der Waals surface area contributed by atoms with Crippen molar-refractivity contribution in [1.29, 1.82) is 5.26 Å². The fraction of sp³-hybridized carbons (Fsp3) is 0.700. The first kappa shape index (κ1) is 25.0. The fourth-order valence-corrected chi connectivity index (χ4v) is 6.20. The van der Waals surface area contributed by atoms with Crippen molar-refractivity contribution in [3.05, 3.63) is 47.3 Å². The van der Waals surface area contributed by atoms with Gasteiger partial charge in [0.2, 0.25) is 0 Å². The summed E-state index contributed by atoms with van der Waals surface area (Å²) in [5.41, 5.74) is 3.06. The lowest BCUT2D eigenvalue weighted by Crippen LogP contribution is -2.15. The Hall–Kier alpha value is -1.62. The number of unbranched alkanes of at least 4 members (excludes halogenated alkanes) is 1. The maximum atomic E-state index is 12.9. The maximum Gasteiger partial charge on any atom is 0.196 e. The van der Waals surface area contributed by atoms with Gasteiger partial charge in [0.05, 0.1) is 0 Å². The molecule has 0 heterocycles. The second-order valence-electron chi connectivity index (χ2n) is 10.6. The Morgan fingerprint density at radius 2 is 1.41 bits per heavy atom. The van der Waals surface area contributed by atoms with Crippen LogP contribution in [-0.2, 0) is 6.42 Å². The molecule has 0 N–H and O–H groups in total. The molecule has 1 aromatic carbocycles. The van der Waals surface area contributed by atoms with E-state index >= 15 is 0 Å². The Labute approximate surface area is 196 Å². The molecule has 2 saturated carbocycles. The van der Waals surface area contributed by atoms with Crippen LogP contribution < -0.4 is 0 Å². The Morgan fingerprint density at radius 1 is 0.875 bits per heavy atom. The molecule has 0 atom stereocenters. The number of hydrogen-bond donors (Lipinski definition) is 0. The molecule has 1 nitrogen and oxygen atoms in total. The van der Waals surface area contributed by atoms with E-state index in [1.165, 1.54) is 102 Å². The number of hydrogen-bond acceptors (Lipinski definition) is 1. The third-order valence-corrected chi connectivity index (χ3v) is 8.28. The summed E-state index contributed by atoms with van der Waals surface area (Å²) >= 11 is 0. The van der Waals surface area contributed by atoms with Gasteiger partial charge in [-0.25, -0.2) is 0 Å². The average Bonchev–Trinajstić information content (AvgIpc) is 2.84. The summed E-state index contributed by atoms with van der Waals surface area (Å²) in [5, 5.41) is 8.48. The van der Waals surface area contributed by atoms with E-state index < -0.39 is 5.83 Å². The van der Waals surface area contributed by atoms with Crippen LogP contribution in [-0.4, -0.2) is 0 Å². The van der Waals surface area contributed by atoms with Crippen LogP contribution in [0, 0.1) is 29.1 Å². The molecule has 0 aliphatic heterocycles. The maximum absolute atomic E-state index is 12.9. The molecular formula is C30H44FN. The van der Waals surface area contributed by atoms with Gasteiger partial charge in [-0.2, -0.15) is 9.65 Å². The molecule has 0 spiro atoms. The minimum Gasteiger partial charge on any atom is -0.195 e. The fourth-order valence-electron chi connectivity index (χ4n) is 6.20. The van der Waals surface area contributed by atoms with Crippen molar-refractivity contribution in [3.8, 4) is 6.07 Å². The minimum atomic E-state index is -0.617. The molecule has 1 aromatic rings. The quantitative estimate of drug-likeness (QED) is 0.250. The Morgan fingerprint density at radius 3 is 1.94 bits per heavy atom. The number of benzene rings is 1. The molecule has 2 aliphatic rings. The first-order chi connectivity index (χ1) is 15.7. The van der Waals surface area contributed by atoms with E-state index in [0.717, 1.165) is 36.5 Å². The molecular weight excluding hydrogens is 393 g/mol. The minimum absolute atomic E-state index is 0.617. The monoisotopic (exact) mass is 437 g/mol. The van der Waals surface area contributed by atoms with Crippen LogP contribution in [0.1, 0.15) is 120 Å². The molecule has 3 rings (SSSR count). The average molecular weight is 438 g/mol. The van der Waals surface area contributed by atoms with Crippen LogP contribution in [0.4, 0.5) is 4.39 Å². The van der Waals surface area contributed by atoms with Gasteiger partial charge in [0.15, 0.2) is 5.83 Å². The highest BCUT2D eigenvalue weighted by molar-refractivity contribution is 5.25. The second kappa shape index (κ2) is 13.8. The largest absolute Gasteiger partial charge is 0.196 e. The highest BCUT2D eigenvalue weighted by Gasteiger charge is 2.23. The van der Waals surface area contributed by atoms with Gasteiger partial charge in [-0.1, -0.05) is 89.0 Å². The molecule has 2 aliphatic carbocycles. The predicted octanol–water partition coefficient (Wildman–Crippen LogP) is 9.44. The molecule has 176 valence electrons. The van der Waals surface area contributed by atoms with Crippen LogP contribution in [0.25, 0.3) is 0 Å². The van der Waals surface area contributed by atoms with E-state index in [2.05, 4.69) is 31.2 Å². The highest BCUT2D eigenvalue weighted by Crippen LogP contribution is 2.39. The third-order valence-electron chi connectivity index (χ3n) is 8.28. The number of nitrogens with zero attached hydrogens (tertiary/aromatic N) is 1. The van der Waals surface area contributed by atoms with Gasteiger partial charge in [-0.3, -0.25) is 0 Å². The smallest absolute Gasteiger partial charge is 0.195 e. The van der Waals surface area contributed by atoms with Crippen molar-refractivity contribution in [2.24, 2.45) is 17.8 Å². The summed E-state index contributed by atoms with van der Waals surface area (Å²) in [6.45, 7) is 2.25. The Bertz CT molecular complexity index is 712. The zero-order chi connectivity index (χ0) is 22.6. The standard InChI is InChI=1S/C30H44FN/c1-2-6-24-15-19-28(20-16-24)29-21-17-26(18-22-29)8-4-3-7-25-11-13-27(14-12-25)9-5-10-30(31)23-32/h10,15-16,19-20,25-27,29H,2-9,11-14,17-18,21-22H2,1H3/b30-10-. The lowest BCUT2D eigenvalue weighted by Gasteiger charge is -2.30. The second-order valence-corrected chi connectivity index (χ2v) is 10.6. The van der Waals surface area contributed by atoms with Crippen molar-refractivity contribution in [1.82, 2.24) is 0 Å². The van der Waals surface area contributed by atoms with Crippen molar-refractivity contribution >= 4 is 0 Å². The van der Waals surface area contributed by atoms with E-state index in [4.69, 9.17) is 5.26 Å². The summed E-state index contributed by atoms with van der Waals surface area (Å²) < 4.78 is 12.9. The Balaban J connectivity index is 1.23. The molecule has 0 saturated heterocycles. The van der Waals surface area contributed by atoms with Gasteiger partial charge >= 0.3 is 0 Å². The summed E-state index contributed by atoms with van der Waals surface area (Å²) in [5.74, 6) is 2.80. The zero-order valence-corrected chi connectivity index (χ0v) is 20.3. The molecule has 0 bridgehead atoms. The van der Waals surface area contributed by atoms with E-state index in [-0.39, 0.29) is 0 Å². The van der Waals surface area contributed by atoms with E-state index in [1.54, 1.807) is 11.6 Å². The third kappa shape index (κ3) is 8.38. The van der Waals surface area contributed by atoms with E-state index in [0.29, 0.717) is 0 Å². The molecule has 2 heteroatoms. The molecule has 32 heavy (non-hydrogen) atoms. The van der Waals surface area contributed by atoms with E-state index in [1.807, 2.05) is 0 Å². The van der Waals surface area contributed by atoms with Gasteiger partial charge < -0.3 is 0 Å². The van der Waals surface area contributed by atoms with Crippen molar-refractivity contribution in [2.75, 3.05) is 0 Å².